The maximum Gasteiger partial charge on any atom is 0.228 e. The van der Waals surface area contributed by atoms with E-state index in [-0.39, 0.29) is 18.7 Å². The standard InChI is InChI=1S/C10H10F2N2O4S/c11-6-2-7(12)9(15)3-8(6)14-4-5(1-10(14)16)19(13,17)18/h2-3,5,15H,1,4H2,(H2,13,17,18). The van der Waals surface area contributed by atoms with Crippen molar-refractivity contribution in [1.29, 1.82) is 0 Å². The molecule has 0 bridgehead atoms. The molecule has 0 radical (unpaired) electrons. The number of phenolic OH excluding ortho intramolecular Hbond substituents is 1. The fraction of sp³-hybridized carbons (Fsp3) is 0.300. The first kappa shape index (κ1) is 13.7. The van der Waals surface area contributed by atoms with E-state index in [0.29, 0.717) is 6.07 Å². The number of amides is 1. The van der Waals surface area contributed by atoms with E-state index in [9.17, 15) is 27.1 Å². The van der Waals surface area contributed by atoms with E-state index in [2.05, 4.69) is 0 Å². The molecule has 1 saturated heterocycles. The van der Waals surface area contributed by atoms with Gasteiger partial charge in [0.05, 0.1) is 5.69 Å². The van der Waals surface area contributed by atoms with Crippen LogP contribution in [0.3, 0.4) is 0 Å². The molecule has 6 nitrogen and oxygen atoms in total. The number of phenols is 1. The van der Waals surface area contributed by atoms with E-state index >= 15 is 0 Å². The lowest BCUT2D eigenvalue weighted by atomic mass is 10.2. The minimum absolute atomic E-state index is 0.334. The Kier molecular flexibility index (Phi) is 3.19. The molecule has 1 unspecified atom stereocenters. The first-order chi connectivity index (χ1) is 8.70. The van der Waals surface area contributed by atoms with Crippen LogP contribution >= 0.6 is 0 Å². The molecule has 9 heteroatoms. The lowest BCUT2D eigenvalue weighted by molar-refractivity contribution is -0.117. The highest BCUT2D eigenvalue weighted by atomic mass is 32.2. The summed E-state index contributed by atoms with van der Waals surface area (Å²) >= 11 is 0. The molecule has 1 aliphatic heterocycles. The summed E-state index contributed by atoms with van der Waals surface area (Å²) in [5.41, 5.74) is -0.380. The maximum absolute atomic E-state index is 13.6. The Hall–Kier alpha value is -1.74. The Morgan fingerprint density at radius 3 is 2.47 bits per heavy atom. The van der Waals surface area contributed by atoms with Gasteiger partial charge in [-0.2, -0.15) is 0 Å². The van der Waals surface area contributed by atoms with E-state index in [4.69, 9.17) is 5.14 Å². The lowest BCUT2D eigenvalue weighted by Crippen LogP contribution is -2.32. The lowest BCUT2D eigenvalue weighted by Gasteiger charge is -2.17. The largest absolute Gasteiger partial charge is 0.505 e. The second-order valence-electron chi connectivity index (χ2n) is 4.17. The molecule has 1 aromatic carbocycles. The van der Waals surface area contributed by atoms with Gasteiger partial charge in [-0.15, -0.1) is 0 Å². The van der Waals surface area contributed by atoms with Crippen molar-refractivity contribution in [2.75, 3.05) is 11.4 Å². The molecule has 0 aliphatic carbocycles. The fourth-order valence-corrected chi connectivity index (χ4v) is 2.59. The highest BCUT2D eigenvalue weighted by molar-refractivity contribution is 7.89. The monoisotopic (exact) mass is 292 g/mol. The van der Waals surface area contributed by atoms with Crippen molar-refractivity contribution < 1.29 is 27.1 Å². The molecule has 1 aliphatic rings. The van der Waals surface area contributed by atoms with Gasteiger partial charge in [-0.3, -0.25) is 4.79 Å². The van der Waals surface area contributed by atoms with Crippen LogP contribution in [0.25, 0.3) is 0 Å². The first-order valence-electron chi connectivity index (χ1n) is 5.20. The molecule has 3 N–H and O–H groups in total. The van der Waals surface area contributed by atoms with Gasteiger partial charge in [-0.05, 0) is 0 Å². The second-order valence-corrected chi connectivity index (χ2v) is 6.02. The molecule has 0 spiro atoms. The Balaban J connectivity index is 2.39. The van der Waals surface area contributed by atoms with Crippen LogP contribution in [0, 0.1) is 11.6 Å². The van der Waals surface area contributed by atoms with Crippen LogP contribution in [0.1, 0.15) is 6.42 Å². The smallest absolute Gasteiger partial charge is 0.228 e. The number of anilines is 1. The van der Waals surface area contributed by atoms with Crippen LogP contribution in [-0.4, -0.2) is 31.2 Å². The predicted octanol–water partition coefficient (Wildman–Crippen LogP) is 0.0642. The van der Waals surface area contributed by atoms with E-state index < -0.39 is 38.6 Å². The molecular formula is C10H10F2N2O4S. The highest BCUT2D eigenvalue weighted by Crippen LogP contribution is 2.31. The number of rotatable bonds is 2. The van der Waals surface area contributed by atoms with Crippen LogP contribution < -0.4 is 10.0 Å². The van der Waals surface area contributed by atoms with Gasteiger partial charge in [-0.25, -0.2) is 22.3 Å². The van der Waals surface area contributed by atoms with Crippen LogP contribution in [0.4, 0.5) is 14.5 Å². The molecule has 19 heavy (non-hydrogen) atoms. The average molecular weight is 292 g/mol. The molecule has 1 heterocycles. The summed E-state index contributed by atoms with van der Waals surface area (Å²) in [6.07, 6.45) is -0.379. The number of benzene rings is 1. The number of carbonyl (C=O) groups excluding carboxylic acids is 1. The zero-order valence-corrected chi connectivity index (χ0v) is 10.3. The Morgan fingerprint density at radius 2 is 1.95 bits per heavy atom. The summed E-state index contributed by atoms with van der Waals surface area (Å²) in [5, 5.41) is 13.0. The zero-order chi connectivity index (χ0) is 14.4. The molecule has 0 saturated carbocycles. The van der Waals surface area contributed by atoms with Gasteiger partial charge in [0.2, 0.25) is 15.9 Å². The molecule has 1 atom stereocenters. The first-order valence-corrected chi connectivity index (χ1v) is 6.81. The van der Waals surface area contributed by atoms with E-state index in [1.165, 1.54) is 0 Å². The van der Waals surface area contributed by atoms with Crippen molar-refractivity contribution in [2.24, 2.45) is 5.14 Å². The van der Waals surface area contributed by atoms with Gasteiger partial charge in [0.15, 0.2) is 11.6 Å². The van der Waals surface area contributed by atoms with Crippen molar-refractivity contribution in [3.05, 3.63) is 23.8 Å². The third kappa shape index (κ3) is 2.51. The van der Waals surface area contributed by atoms with Crippen molar-refractivity contribution >= 4 is 21.6 Å². The summed E-state index contributed by atoms with van der Waals surface area (Å²) in [6.45, 7) is -0.334. The SMILES string of the molecule is NS(=O)(=O)C1CC(=O)N(c2cc(O)c(F)cc2F)C1. The second kappa shape index (κ2) is 4.42. The number of sulfonamides is 1. The van der Waals surface area contributed by atoms with Crippen LogP contribution in [0.2, 0.25) is 0 Å². The van der Waals surface area contributed by atoms with E-state index in [1.54, 1.807) is 0 Å². The average Bonchev–Trinajstić information content (AvgIpc) is 2.65. The Bertz CT molecular complexity index is 647. The molecule has 1 amide bonds. The number of hydrogen-bond acceptors (Lipinski definition) is 4. The van der Waals surface area contributed by atoms with Gasteiger partial charge in [0, 0.05) is 25.1 Å². The summed E-state index contributed by atoms with van der Waals surface area (Å²) in [5.74, 6) is -3.73. The number of carbonyl (C=O) groups is 1. The number of aromatic hydroxyl groups is 1. The predicted molar refractivity (Wildman–Crippen MR) is 61.9 cm³/mol. The fourth-order valence-electron chi connectivity index (χ4n) is 1.86. The highest BCUT2D eigenvalue weighted by Gasteiger charge is 2.38. The van der Waals surface area contributed by atoms with Gasteiger partial charge < -0.3 is 10.0 Å². The van der Waals surface area contributed by atoms with Gasteiger partial charge >= 0.3 is 0 Å². The van der Waals surface area contributed by atoms with Crippen LogP contribution in [0.15, 0.2) is 12.1 Å². The van der Waals surface area contributed by atoms with Gasteiger partial charge in [-0.1, -0.05) is 0 Å². The van der Waals surface area contributed by atoms with Crippen LogP contribution in [-0.2, 0) is 14.8 Å². The normalized spacial score (nSPS) is 20.1. The number of primary sulfonamides is 1. The Labute approximate surface area is 107 Å². The number of halogens is 2. The molecule has 1 fully saturated rings. The molecule has 2 rings (SSSR count). The minimum atomic E-state index is -3.93. The summed E-state index contributed by atoms with van der Waals surface area (Å²) in [7, 11) is -3.93. The summed E-state index contributed by atoms with van der Waals surface area (Å²) in [4.78, 5) is 12.5. The summed E-state index contributed by atoms with van der Waals surface area (Å²) < 4.78 is 48.8. The third-order valence-corrected chi connectivity index (χ3v) is 4.11. The molecule has 104 valence electrons. The summed E-state index contributed by atoms with van der Waals surface area (Å²) in [6, 6.07) is 1.15. The number of nitrogens with two attached hydrogens (primary N) is 1. The van der Waals surface area contributed by atoms with Gasteiger partial charge in [0.1, 0.15) is 11.1 Å². The molecule has 1 aromatic rings. The third-order valence-electron chi connectivity index (χ3n) is 2.86. The minimum Gasteiger partial charge on any atom is -0.505 e. The van der Waals surface area contributed by atoms with Gasteiger partial charge in [0.25, 0.3) is 0 Å². The van der Waals surface area contributed by atoms with Crippen molar-refractivity contribution in [3.63, 3.8) is 0 Å². The van der Waals surface area contributed by atoms with E-state index in [1.807, 2.05) is 0 Å². The van der Waals surface area contributed by atoms with Crippen molar-refractivity contribution in [2.45, 2.75) is 11.7 Å². The molecule has 0 aromatic heterocycles. The van der Waals surface area contributed by atoms with E-state index in [0.717, 1.165) is 11.0 Å². The Morgan fingerprint density at radius 1 is 1.32 bits per heavy atom. The van der Waals surface area contributed by atoms with Crippen LogP contribution in [0.5, 0.6) is 5.75 Å². The number of nitrogens with zero attached hydrogens (tertiary/aromatic N) is 1. The molecular weight excluding hydrogens is 282 g/mol. The maximum atomic E-state index is 13.6. The number of hydrogen-bond donors (Lipinski definition) is 2. The topological polar surface area (TPSA) is 101 Å². The van der Waals surface area contributed by atoms with Crippen molar-refractivity contribution in [3.8, 4) is 5.75 Å². The van der Waals surface area contributed by atoms with Crippen molar-refractivity contribution in [1.82, 2.24) is 0 Å². The quantitative estimate of drug-likeness (QED) is 0.805. The zero-order valence-electron chi connectivity index (χ0n) is 9.51.